The smallest absolute Gasteiger partial charge is 0.255 e. The zero-order valence-corrected chi connectivity index (χ0v) is 17.2. The normalized spacial score (nSPS) is 22.7. The highest BCUT2D eigenvalue weighted by Gasteiger charge is 2.35. The van der Waals surface area contributed by atoms with Crippen LogP contribution in [0, 0.1) is 5.92 Å². The molecule has 0 unspecified atom stereocenters. The third-order valence-electron chi connectivity index (χ3n) is 6.70. The SMILES string of the molecule is CC(=O)N1C[C@@H]2C[C@H](C1)c1cc(-c3ccc(C(=O)N4CCCC4)cn3)cc(=O)n1C2. The number of amides is 2. The van der Waals surface area contributed by atoms with Gasteiger partial charge >= 0.3 is 0 Å². The molecule has 0 spiro atoms. The minimum absolute atomic E-state index is 0.0208. The topological polar surface area (TPSA) is 75.5 Å². The first-order chi connectivity index (χ1) is 14.5. The minimum Gasteiger partial charge on any atom is -0.342 e. The van der Waals surface area contributed by atoms with Crippen molar-refractivity contribution in [2.45, 2.75) is 38.6 Å². The summed E-state index contributed by atoms with van der Waals surface area (Å²) in [6.45, 7) is 5.27. The van der Waals surface area contributed by atoms with E-state index in [1.54, 1.807) is 25.3 Å². The first-order valence-corrected chi connectivity index (χ1v) is 10.8. The summed E-state index contributed by atoms with van der Waals surface area (Å²) in [5.74, 6) is 0.619. The molecule has 2 saturated heterocycles. The maximum absolute atomic E-state index is 12.8. The van der Waals surface area contributed by atoms with Gasteiger partial charge in [0.05, 0.1) is 11.3 Å². The number of carbonyl (C=O) groups is 2. The Morgan fingerprint density at radius 3 is 2.53 bits per heavy atom. The van der Waals surface area contributed by atoms with E-state index in [2.05, 4.69) is 4.98 Å². The molecule has 2 atom stereocenters. The van der Waals surface area contributed by atoms with Crippen LogP contribution in [0.2, 0.25) is 0 Å². The van der Waals surface area contributed by atoms with Gasteiger partial charge in [-0.1, -0.05) is 0 Å². The van der Waals surface area contributed by atoms with E-state index in [1.807, 2.05) is 26.5 Å². The molecule has 0 aliphatic carbocycles. The number of fused-ring (bicyclic) bond motifs is 4. The Labute approximate surface area is 175 Å². The Balaban J connectivity index is 1.44. The number of likely N-dealkylation sites (tertiary alicyclic amines) is 2. The summed E-state index contributed by atoms with van der Waals surface area (Å²) in [6, 6.07) is 7.30. The lowest BCUT2D eigenvalue weighted by Gasteiger charge is -2.42. The molecule has 2 aromatic rings. The number of piperidine rings is 1. The van der Waals surface area contributed by atoms with Crippen molar-refractivity contribution in [3.8, 4) is 11.3 Å². The van der Waals surface area contributed by atoms with Crippen LogP contribution in [0.25, 0.3) is 11.3 Å². The molecule has 0 N–H and O–H groups in total. The van der Waals surface area contributed by atoms with Gasteiger partial charge in [-0.05, 0) is 43.4 Å². The maximum Gasteiger partial charge on any atom is 0.255 e. The van der Waals surface area contributed by atoms with E-state index in [1.165, 1.54) is 0 Å². The molecule has 2 fully saturated rings. The lowest BCUT2D eigenvalue weighted by molar-refractivity contribution is -0.131. The van der Waals surface area contributed by atoms with Crippen LogP contribution in [0.5, 0.6) is 0 Å². The third-order valence-corrected chi connectivity index (χ3v) is 6.70. The van der Waals surface area contributed by atoms with Crippen molar-refractivity contribution in [2.75, 3.05) is 26.2 Å². The number of carbonyl (C=O) groups excluding carboxylic acids is 2. The zero-order valence-electron chi connectivity index (χ0n) is 17.2. The van der Waals surface area contributed by atoms with Crippen molar-refractivity contribution in [2.24, 2.45) is 5.92 Å². The average molecular weight is 406 g/mol. The first-order valence-electron chi connectivity index (χ1n) is 10.8. The second-order valence-electron chi connectivity index (χ2n) is 8.77. The fraction of sp³-hybridized carbons (Fsp3) is 0.478. The Hall–Kier alpha value is -2.96. The highest BCUT2D eigenvalue weighted by molar-refractivity contribution is 5.94. The van der Waals surface area contributed by atoms with Crippen LogP contribution in [0.4, 0.5) is 0 Å². The molecule has 2 aromatic heterocycles. The molecular weight excluding hydrogens is 380 g/mol. The number of nitrogens with zero attached hydrogens (tertiary/aromatic N) is 4. The van der Waals surface area contributed by atoms with Gasteiger partial charge in [-0.2, -0.15) is 0 Å². The monoisotopic (exact) mass is 406 g/mol. The van der Waals surface area contributed by atoms with Crippen LogP contribution in [0.1, 0.15) is 48.2 Å². The van der Waals surface area contributed by atoms with Gasteiger partial charge in [0.1, 0.15) is 0 Å². The third kappa shape index (κ3) is 3.32. The average Bonchev–Trinajstić information content (AvgIpc) is 3.29. The summed E-state index contributed by atoms with van der Waals surface area (Å²) >= 11 is 0. The van der Waals surface area contributed by atoms with Crippen LogP contribution in [-0.4, -0.2) is 57.3 Å². The van der Waals surface area contributed by atoms with Gasteiger partial charge in [0.15, 0.2) is 0 Å². The van der Waals surface area contributed by atoms with E-state index in [4.69, 9.17) is 0 Å². The second kappa shape index (κ2) is 7.38. The van der Waals surface area contributed by atoms with Crippen LogP contribution >= 0.6 is 0 Å². The summed E-state index contributed by atoms with van der Waals surface area (Å²) in [4.78, 5) is 45.5. The molecule has 156 valence electrons. The fourth-order valence-corrected chi connectivity index (χ4v) is 5.16. The summed E-state index contributed by atoms with van der Waals surface area (Å²) in [7, 11) is 0. The molecule has 30 heavy (non-hydrogen) atoms. The quantitative estimate of drug-likeness (QED) is 0.766. The highest BCUT2D eigenvalue weighted by atomic mass is 16.2. The lowest BCUT2D eigenvalue weighted by Crippen LogP contribution is -2.48. The Kier molecular flexibility index (Phi) is 4.68. The van der Waals surface area contributed by atoms with E-state index in [0.717, 1.165) is 50.2 Å². The molecule has 7 nitrogen and oxygen atoms in total. The summed E-state index contributed by atoms with van der Waals surface area (Å²) < 4.78 is 1.87. The molecule has 7 heteroatoms. The predicted molar refractivity (Wildman–Crippen MR) is 112 cm³/mol. The van der Waals surface area contributed by atoms with Crippen molar-refractivity contribution in [1.29, 1.82) is 0 Å². The number of hydrogen-bond acceptors (Lipinski definition) is 4. The van der Waals surface area contributed by atoms with Crippen molar-refractivity contribution in [3.05, 3.63) is 52.1 Å². The molecule has 5 heterocycles. The second-order valence-corrected chi connectivity index (χ2v) is 8.77. The van der Waals surface area contributed by atoms with E-state index in [-0.39, 0.29) is 23.3 Å². The van der Waals surface area contributed by atoms with E-state index >= 15 is 0 Å². The van der Waals surface area contributed by atoms with Crippen molar-refractivity contribution in [1.82, 2.24) is 19.4 Å². The van der Waals surface area contributed by atoms with Crippen LogP contribution in [-0.2, 0) is 11.3 Å². The maximum atomic E-state index is 12.8. The first kappa shape index (κ1) is 19.0. The van der Waals surface area contributed by atoms with E-state index in [0.29, 0.717) is 30.3 Å². The molecule has 3 aliphatic heterocycles. The molecule has 0 saturated carbocycles. The highest BCUT2D eigenvalue weighted by Crippen LogP contribution is 2.36. The Bertz CT molecular complexity index is 1050. The molecular formula is C23H26N4O3. The van der Waals surface area contributed by atoms with Gasteiger partial charge < -0.3 is 14.4 Å². The van der Waals surface area contributed by atoms with Crippen molar-refractivity contribution < 1.29 is 9.59 Å². The van der Waals surface area contributed by atoms with Crippen LogP contribution in [0.3, 0.4) is 0 Å². The number of hydrogen-bond donors (Lipinski definition) is 0. The van der Waals surface area contributed by atoms with Gasteiger partial charge in [0, 0.05) is 69.1 Å². The van der Waals surface area contributed by atoms with Gasteiger partial charge in [0.2, 0.25) is 5.91 Å². The standard InChI is InChI=1S/C23H26N4O3/c1-15(28)26-12-16-8-19(14-26)21-9-18(10-22(29)27(21)13-16)20-5-4-17(11-24-20)23(30)25-6-2-3-7-25/h4-5,9-11,16,19H,2-3,6-8,12-14H2,1H3/t16-,19+/m0/s1. The molecule has 0 radical (unpaired) electrons. The summed E-state index contributed by atoms with van der Waals surface area (Å²) in [5.41, 5.74) is 3.01. The largest absolute Gasteiger partial charge is 0.342 e. The minimum atomic E-state index is -0.0208. The Morgan fingerprint density at radius 1 is 1.03 bits per heavy atom. The zero-order chi connectivity index (χ0) is 20.8. The van der Waals surface area contributed by atoms with Crippen LogP contribution in [0.15, 0.2) is 35.3 Å². The van der Waals surface area contributed by atoms with Gasteiger partial charge in [-0.3, -0.25) is 19.4 Å². The molecule has 0 aromatic carbocycles. The van der Waals surface area contributed by atoms with E-state index < -0.39 is 0 Å². The Morgan fingerprint density at radius 2 is 1.83 bits per heavy atom. The molecule has 5 rings (SSSR count). The van der Waals surface area contributed by atoms with Gasteiger partial charge in [0.25, 0.3) is 11.5 Å². The molecule has 3 aliphatic rings. The van der Waals surface area contributed by atoms with E-state index in [9.17, 15) is 14.4 Å². The predicted octanol–water partition coefficient (Wildman–Crippen LogP) is 2.11. The number of pyridine rings is 2. The van der Waals surface area contributed by atoms with Crippen molar-refractivity contribution in [3.63, 3.8) is 0 Å². The molecule has 2 bridgehead atoms. The number of rotatable bonds is 2. The van der Waals surface area contributed by atoms with Gasteiger partial charge in [-0.15, -0.1) is 0 Å². The van der Waals surface area contributed by atoms with Gasteiger partial charge in [-0.25, -0.2) is 0 Å². The van der Waals surface area contributed by atoms with Crippen molar-refractivity contribution >= 4 is 11.8 Å². The molecule has 2 amide bonds. The summed E-state index contributed by atoms with van der Waals surface area (Å²) in [5, 5.41) is 0. The lowest BCUT2D eigenvalue weighted by atomic mass is 9.82. The summed E-state index contributed by atoms with van der Waals surface area (Å²) in [6.07, 6.45) is 4.73. The number of aromatic nitrogens is 2. The fourth-order valence-electron chi connectivity index (χ4n) is 5.16. The van der Waals surface area contributed by atoms with Crippen LogP contribution < -0.4 is 5.56 Å².